The minimum absolute atomic E-state index is 0.0217. The van der Waals surface area contributed by atoms with E-state index in [0.29, 0.717) is 12.8 Å². The number of carbonyl (C=O) groups excluding carboxylic acids is 1. The van der Waals surface area contributed by atoms with Gasteiger partial charge in [0.25, 0.3) is 0 Å². The number of aryl methyl sites for hydroxylation is 2. The maximum atomic E-state index is 12.7. The predicted octanol–water partition coefficient (Wildman–Crippen LogP) is 4.27. The second-order valence-electron chi connectivity index (χ2n) is 7.70. The lowest BCUT2D eigenvalue weighted by Gasteiger charge is -2.38. The van der Waals surface area contributed by atoms with Crippen LogP contribution >= 0.6 is 0 Å². The normalized spacial score (nSPS) is 17.8. The van der Waals surface area contributed by atoms with Crippen LogP contribution < -0.4 is 14.8 Å². The Kier molecular flexibility index (Phi) is 4.94. The van der Waals surface area contributed by atoms with Gasteiger partial charge in [0.1, 0.15) is 17.1 Å². The molecule has 4 nitrogen and oxygen atoms in total. The average molecular weight is 353 g/mol. The largest absolute Gasteiger partial charge is 0.497 e. The van der Waals surface area contributed by atoms with Crippen LogP contribution in [0, 0.1) is 13.8 Å². The third-order valence-corrected chi connectivity index (χ3v) is 4.86. The van der Waals surface area contributed by atoms with Crippen LogP contribution in [0.15, 0.2) is 36.4 Å². The summed E-state index contributed by atoms with van der Waals surface area (Å²) in [5.41, 5.74) is 4.05. The van der Waals surface area contributed by atoms with Crippen LogP contribution in [0.5, 0.6) is 11.5 Å². The summed E-state index contributed by atoms with van der Waals surface area (Å²) < 4.78 is 11.4. The van der Waals surface area contributed by atoms with Crippen molar-refractivity contribution in [2.45, 2.75) is 52.2 Å². The van der Waals surface area contributed by atoms with Gasteiger partial charge in [0, 0.05) is 12.0 Å². The van der Waals surface area contributed by atoms with Crippen molar-refractivity contribution in [1.82, 2.24) is 5.32 Å². The standard InChI is InChI=1S/C22H27NO3/c1-14-6-7-16(15(2)10-14)11-21(24)23-19-13-22(3,4)26-20-9-8-17(25-5)12-18(19)20/h6-10,12,19H,11,13H2,1-5H3,(H,23,24). The highest BCUT2D eigenvalue weighted by molar-refractivity contribution is 5.79. The zero-order valence-electron chi connectivity index (χ0n) is 16.2. The first-order chi connectivity index (χ1) is 12.3. The monoisotopic (exact) mass is 353 g/mol. The summed E-state index contributed by atoms with van der Waals surface area (Å²) in [4.78, 5) is 12.7. The van der Waals surface area contributed by atoms with Crippen molar-refractivity contribution in [3.05, 3.63) is 58.7 Å². The Labute approximate surface area is 155 Å². The van der Waals surface area contributed by atoms with Gasteiger partial charge in [-0.25, -0.2) is 0 Å². The Bertz CT molecular complexity index is 826. The number of ether oxygens (including phenoxy) is 2. The molecule has 2 aromatic rings. The maximum absolute atomic E-state index is 12.7. The molecule has 1 aliphatic heterocycles. The van der Waals surface area contributed by atoms with Crippen molar-refractivity contribution < 1.29 is 14.3 Å². The topological polar surface area (TPSA) is 47.6 Å². The molecule has 0 fully saturated rings. The van der Waals surface area contributed by atoms with E-state index in [1.807, 2.05) is 51.1 Å². The minimum atomic E-state index is -0.334. The first kappa shape index (κ1) is 18.3. The summed E-state index contributed by atoms with van der Waals surface area (Å²) in [5, 5.41) is 3.20. The van der Waals surface area contributed by atoms with E-state index in [1.165, 1.54) is 5.56 Å². The summed E-state index contributed by atoms with van der Waals surface area (Å²) in [6, 6.07) is 11.9. The molecule has 4 heteroatoms. The number of benzene rings is 2. The van der Waals surface area contributed by atoms with Crippen molar-refractivity contribution in [2.75, 3.05) is 7.11 Å². The lowest BCUT2D eigenvalue weighted by Crippen LogP contribution is -2.41. The van der Waals surface area contributed by atoms with Crippen LogP contribution in [0.1, 0.15) is 48.6 Å². The van der Waals surface area contributed by atoms with E-state index in [9.17, 15) is 4.79 Å². The molecule has 26 heavy (non-hydrogen) atoms. The average Bonchev–Trinajstić information content (AvgIpc) is 2.56. The highest BCUT2D eigenvalue weighted by Gasteiger charge is 2.34. The molecule has 2 aromatic carbocycles. The van der Waals surface area contributed by atoms with Gasteiger partial charge >= 0.3 is 0 Å². The molecule has 0 aromatic heterocycles. The number of rotatable bonds is 4. The van der Waals surface area contributed by atoms with Gasteiger partial charge in [-0.05, 0) is 57.0 Å². The molecule has 0 saturated carbocycles. The van der Waals surface area contributed by atoms with Crippen LogP contribution in [-0.2, 0) is 11.2 Å². The fourth-order valence-corrected chi connectivity index (χ4v) is 3.55. The second-order valence-corrected chi connectivity index (χ2v) is 7.70. The molecular weight excluding hydrogens is 326 g/mol. The van der Waals surface area contributed by atoms with Crippen LogP contribution in [0.4, 0.5) is 0 Å². The van der Waals surface area contributed by atoms with Gasteiger partial charge in [-0.3, -0.25) is 4.79 Å². The first-order valence-corrected chi connectivity index (χ1v) is 9.00. The molecule has 0 bridgehead atoms. The molecule has 1 heterocycles. The van der Waals surface area contributed by atoms with Crippen molar-refractivity contribution in [2.24, 2.45) is 0 Å². The molecular formula is C22H27NO3. The zero-order valence-corrected chi connectivity index (χ0v) is 16.2. The van der Waals surface area contributed by atoms with E-state index in [4.69, 9.17) is 9.47 Å². The highest BCUT2D eigenvalue weighted by Crippen LogP contribution is 2.41. The number of hydrogen-bond acceptors (Lipinski definition) is 3. The van der Waals surface area contributed by atoms with Crippen molar-refractivity contribution in [3.8, 4) is 11.5 Å². The molecule has 0 radical (unpaired) electrons. The Morgan fingerprint density at radius 1 is 1.23 bits per heavy atom. The Morgan fingerprint density at radius 2 is 2.00 bits per heavy atom. The number of hydrogen-bond donors (Lipinski definition) is 1. The molecule has 3 rings (SSSR count). The van der Waals surface area contributed by atoms with Crippen LogP contribution in [0.25, 0.3) is 0 Å². The lowest BCUT2D eigenvalue weighted by atomic mass is 9.89. The predicted molar refractivity (Wildman–Crippen MR) is 103 cm³/mol. The summed E-state index contributed by atoms with van der Waals surface area (Å²) in [5.74, 6) is 1.59. The van der Waals surface area contributed by atoms with E-state index in [2.05, 4.69) is 18.3 Å². The number of nitrogens with one attached hydrogen (secondary N) is 1. The second kappa shape index (κ2) is 7.02. The molecule has 1 aliphatic rings. The Hall–Kier alpha value is -2.49. The van der Waals surface area contributed by atoms with Crippen LogP contribution in [-0.4, -0.2) is 18.6 Å². The summed E-state index contributed by atoms with van der Waals surface area (Å²) >= 11 is 0. The van der Waals surface area contributed by atoms with Gasteiger partial charge in [-0.15, -0.1) is 0 Å². The van der Waals surface area contributed by atoms with E-state index in [0.717, 1.165) is 28.2 Å². The molecule has 1 atom stereocenters. The molecule has 1 amide bonds. The van der Waals surface area contributed by atoms with Gasteiger partial charge in [0.05, 0.1) is 19.6 Å². The van der Waals surface area contributed by atoms with Gasteiger partial charge in [0.15, 0.2) is 0 Å². The van der Waals surface area contributed by atoms with Gasteiger partial charge in [-0.2, -0.15) is 0 Å². The minimum Gasteiger partial charge on any atom is -0.497 e. The molecule has 0 aliphatic carbocycles. The molecule has 1 unspecified atom stereocenters. The van der Waals surface area contributed by atoms with E-state index in [1.54, 1.807) is 7.11 Å². The smallest absolute Gasteiger partial charge is 0.224 e. The maximum Gasteiger partial charge on any atom is 0.224 e. The van der Waals surface area contributed by atoms with Crippen molar-refractivity contribution in [3.63, 3.8) is 0 Å². The number of carbonyl (C=O) groups is 1. The number of methoxy groups -OCH3 is 1. The Balaban J connectivity index is 1.81. The SMILES string of the molecule is COc1ccc2c(c1)C(NC(=O)Cc1ccc(C)cc1C)CC(C)(C)O2. The third kappa shape index (κ3) is 4.01. The van der Waals surface area contributed by atoms with Gasteiger partial charge < -0.3 is 14.8 Å². The van der Waals surface area contributed by atoms with Crippen LogP contribution in [0.2, 0.25) is 0 Å². The van der Waals surface area contributed by atoms with Crippen molar-refractivity contribution in [1.29, 1.82) is 0 Å². The summed E-state index contributed by atoms with van der Waals surface area (Å²) in [7, 11) is 1.64. The van der Waals surface area contributed by atoms with E-state index < -0.39 is 0 Å². The molecule has 1 N–H and O–H groups in total. The molecule has 138 valence electrons. The van der Waals surface area contributed by atoms with Crippen LogP contribution in [0.3, 0.4) is 0 Å². The third-order valence-electron chi connectivity index (χ3n) is 4.86. The van der Waals surface area contributed by atoms with Crippen molar-refractivity contribution >= 4 is 5.91 Å². The summed E-state index contributed by atoms with van der Waals surface area (Å²) in [6.07, 6.45) is 1.09. The molecule has 0 saturated heterocycles. The first-order valence-electron chi connectivity index (χ1n) is 9.00. The number of amides is 1. The Morgan fingerprint density at radius 3 is 2.69 bits per heavy atom. The molecule has 0 spiro atoms. The zero-order chi connectivity index (χ0) is 18.9. The fourth-order valence-electron chi connectivity index (χ4n) is 3.55. The van der Waals surface area contributed by atoms with Gasteiger partial charge in [-0.1, -0.05) is 23.8 Å². The van der Waals surface area contributed by atoms with Gasteiger partial charge in [0.2, 0.25) is 5.91 Å². The summed E-state index contributed by atoms with van der Waals surface area (Å²) in [6.45, 7) is 8.20. The fraction of sp³-hybridized carbons (Fsp3) is 0.409. The van der Waals surface area contributed by atoms with E-state index >= 15 is 0 Å². The number of fused-ring (bicyclic) bond motifs is 1. The quantitative estimate of drug-likeness (QED) is 0.893. The van der Waals surface area contributed by atoms with E-state index in [-0.39, 0.29) is 17.6 Å². The highest BCUT2D eigenvalue weighted by atomic mass is 16.5. The lowest BCUT2D eigenvalue weighted by molar-refractivity contribution is -0.121.